The summed E-state index contributed by atoms with van der Waals surface area (Å²) in [5.41, 5.74) is 0. The van der Waals surface area contributed by atoms with E-state index in [0.29, 0.717) is 13.0 Å². The predicted molar refractivity (Wildman–Crippen MR) is 65.4 cm³/mol. The standard InChI is InChI=1S/C12H15NO4S/c14-12-9-10(5-4-8-13-12)17-18(15,16)11-6-2-1-3-7-11/h1-3,6-7,10H,4-5,8-9H2,(H,13,14). The van der Waals surface area contributed by atoms with Gasteiger partial charge in [0, 0.05) is 6.54 Å². The van der Waals surface area contributed by atoms with Gasteiger partial charge in [-0.05, 0) is 25.0 Å². The van der Waals surface area contributed by atoms with E-state index in [0.717, 1.165) is 6.42 Å². The van der Waals surface area contributed by atoms with Crippen LogP contribution >= 0.6 is 0 Å². The molecule has 5 nitrogen and oxygen atoms in total. The van der Waals surface area contributed by atoms with Crippen molar-refractivity contribution in [3.63, 3.8) is 0 Å². The lowest BCUT2D eigenvalue weighted by Gasteiger charge is -2.13. The lowest BCUT2D eigenvalue weighted by atomic mass is 10.2. The minimum Gasteiger partial charge on any atom is -0.356 e. The maximum atomic E-state index is 12.0. The molecular formula is C12H15NO4S. The van der Waals surface area contributed by atoms with E-state index in [-0.39, 0.29) is 17.2 Å². The molecule has 1 aromatic rings. The fraction of sp³-hybridized carbons (Fsp3) is 0.417. The summed E-state index contributed by atoms with van der Waals surface area (Å²) < 4.78 is 29.1. The fourth-order valence-electron chi connectivity index (χ4n) is 1.84. The Bertz CT molecular complexity index is 512. The van der Waals surface area contributed by atoms with E-state index >= 15 is 0 Å². The summed E-state index contributed by atoms with van der Waals surface area (Å²) >= 11 is 0. The molecule has 1 unspecified atom stereocenters. The van der Waals surface area contributed by atoms with E-state index in [2.05, 4.69) is 5.32 Å². The average molecular weight is 269 g/mol. The first-order chi connectivity index (χ1) is 8.58. The first-order valence-electron chi connectivity index (χ1n) is 5.83. The van der Waals surface area contributed by atoms with Crippen LogP contribution in [0, 0.1) is 0 Å². The van der Waals surface area contributed by atoms with Crippen LogP contribution < -0.4 is 5.32 Å². The van der Waals surface area contributed by atoms with Crippen molar-refractivity contribution in [2.75, 3.05) is 6.54 Å². The quantitative estimate of drug-likeness (QED) is 0.833. The molecule has 6 heteroatoms. The van der Waals surface area contributed by atoms with Crippen LogP contribution in [0.5, 0.6) is 0 Å². The van der Waals surface area contributed by atoms with E-state index in [4.69, 9.17) is 4.18 Å². The van der Waals surface area contributed by atoms with Crippen LogP contribution in [0.25, 0.3) is 0 Å². The zero-order chi connectivity index (χ0) is 13.0. The molecule has 98 valence electrons. The maximum absolute atomic E-state index is 12.0. The third-order valence-electron chi connectivity index (χ3n) is 2.73. The lowest BCUT2D eigenvalue weighted by Crippen LogP contribution is -2.25. The number of hydrogen-bond donors (Lipinski definition) is 1. The van der Waals surface area contributed by atoms with Crippen molar-refractivity contribution >= 4 is 16.0 Å². The monoisotopic (exact) mass is 269 g/mol. The molecule has 1 atom stereocenters. The number of carbonyl (C=O) groups is 1. The van der Waals surface area contributed by atoms with Crippen LogP contribution in [0.3, 0.4) is 0 Å². The second-order valence-corrected chi connectivity index (χ2v) is 5.75. The Morgan fingerprint density at radius 1 is 1.22 bits per heavy atom. The third kappa shape index (κ3) is 3.30. The van der Waals surface area contributed by atoms with Gasteiger partial charge in [0.25, 0.3) is 10.1 Å². The van der Waals surface area contributed by atoms with Crippen LogP contribution in [0.1, 0.15) is 19.3 Å². The smallest absolute Gasteiger partial charge is 0.297 e. The van der Waals surface area contributed by atoms with Crippen molar-refractivity contribution in [1.29, 1.82) is 0 Å². The van der Waals surface area contributed by atoms with Crippen molar-refractivity contribution in [3.8, 4) is 0 Å². The van der Waals surface area contributed by atoms with Crippen molar-refractivity contribution in [1.82, 2.24) is 5.32 Å². The minimum atomic E-state index is -3.78. The van der Waals surface area contributed by atoms with Crippen molar-refractivity contribution in [3.05, 3.63) is 30.3 Å². The summed E-state index contributed by atoms with van der Waals surface area (Å²) in [5.74, 6) is -0.166. The van der Waals surface area contributed by atoms with E-state index in [1.807, 2.05) is 0 Å². The van der Waals surface area contributed by atoms with Crippen LogP contribution in [-0.2, 0) is 19.1 Å². The van der Waals surface area contributed by atoms with Crippen LogP contribution in [0.15, 0.2) is 35.2 Å². The molecule has 2 rings (SSSR count). The summed E-state index contributed by atoms with van der Waals surface area (Å²) in [6.45, 7) is 0.573. The van der Waals surface area contributed by atoms with Crippen molar-refractivity contribution in [2.45, 2.75) is 30.3 Å². The summed E-state index contributed by atoms with van der Waals surface area (Å²) in [4.78, 5) is 11.4. The average Bonchev–Trinajstić information content (AvgIpc) is 2.54. The van der Waals surface area contributed by atoms with Gasteiger partial charge >= 0.3 is 0 Å². The summed E-state index contributed by atoms with van der Waals surface area (Å²) in [7, 11) is -3.78. The molecule has 1 amide bonds. The predicted octanol–water partition coefficient (Wildman–Crippen LogP) is 1.06. The summed E-state index contributed by atoms with van der Waals surface area (Å²) in [6.07, 6.45) is 0.801. The fourth-order valence-corrected chi connectivity index (χ4v) is 2.97. The highest BCUT2D eigenvalue weighted by Crippen LogP contribution is 2.18. The van der Waals surface area contributed by atoms with E-state index < -0.39 is 16.2 Å². The highest BCUT2D eigenvalue weighted by Gasteiger charge is 2.25. The maximum Gasteiger partial charge on any atom is 0.297 e. The number of nitrogens with one attached hydrogen (secondary N) is 1. The largest absolute Gasteiger partial charge is 0.356 e. The highest BCUT2D eigenvalue weighted by atomic mass is 32.2. The molecule has 1 aliphatic heterocycles. The third-order valence-corrected chi connectivity index (χ3v) is 4.11. The van der Waals surface area contributed by atoms with E-state index in [9.17, 15) is 13.2 Å². The van der Waals surface area contributed by atoms with Gasteiger partial charge in [-0.3, -0.25) is 8.98 Å². The topological polar surface area (TPSA) is 72.5 Å². The van der Waals surface area contributed by atoms with Crippen molar-refractivity contribution in [2.24, 2.45) is 0 Å². The Kier molecular flexibility index (Phi) is 3.98. The molecule has 0 aromatic heterocycles. The number of carbonyl (C=O) groups excluding carboxylic acids is 1. The number of benzene rings is 1. The molecule has 0 radical (unpaired) electrons. The van der Waals surface area contributed by atoms with E-state index in [1.54, 1.807) is 18.2 Å². The molecule has 0 spiro atoms. The molecule has 0 bridgehead atoms. The van der Waals surface area contributed by atoms with Gasteiger partial charge in [-0.1, -0.05) is 18.2 Å². The number of hydrogen-bond acceptors (Lipinski definition) is 4. The van der Waals surface area contributed by atoms with Crippen molar-refractivity contribution < 1.29 is 17.4 Å². The molecule has 1 N–H and O–H groups in total. The van der Waals surface area contributed by atoms with Gasteiger partial charge in [-0.15, -0.1) is 0 Å². The molecular weight excluding hydrogens is 254 g/mol. The minimum absolute atomic E-state index is 0.0893. The summed E-state index contributed by atoms with van der Waals surface area (Å²) in [5, 5.41) is 2.69. The molecule has 1 aromatic carbocycles. The number of amides is 1. The van der Waals surface area contributed by atoms with Crippen LogP contribution in [0.2, 0.25) is 0 Å². The molecule has 0 aliphatic carbocycles. The molecule has 1 fully saturated rings. The van der Waals surface area contributed by atoms with Gasteiger partial charge in [0.2, 0.25) is 5.91 Å². The Morgan fingerprint density at radius 2 is 1.94 bits per heavy atom. The second-order valence-electron chi connectivity index (χ2n) is 4.18. The molecule has 1 aliphatic rings. The highest BCUT2D eigenvalue weighted by molar-refractivity contribution is 7.86. The zero-order valence-corrected chi connectivity index (χ0v) is 10.7. The Labute approximate surface area is 106 Å². The first-order valence-corrected chi connectivity index (χ1v) is 7.24. The zero-order valence-electron chi connectivity index (χ0n) is 9.83. The first kappa shape index (κ1) is 13.0. The molecule has 18 heavy (non-hydrogen) atoms. The lowest BCUT2D eigenvalue weighted by molar-refractivity contribution is -0.121. The van der Waals surface area contributed by atoms with Gasteiger partial charge in [0.1, 0.15) is 0 Å². The Hall–Kier alpha value is -1.40. The van der Waals surface area contributed by atoms with Gasteiger partial charge in [0.15, 0.2) is 0 Å². The Balaban J connectivity index is 2.10. The summed E-state index contributed by atoms with van der Waals surface area (Å²) in [6, 6.07) is 7.96. The van der Waals surface area contributed by atoms with Gasteiger partial charge in [-0.2, -0.15) is 8.42 Å². The Morgan fingerprint density at radius 3 is 2.67 bits per heavy atom. The second kappa shape index (κ2) is 5.49. The van der Waals surface area contributed by atoms with Crippen LogP contribution in [0.4, 0.5) is 0 Å². The van der Waals surface area contributed by atoms with E-state index in [1.165, 1.54) is 12.1 Å². The molecule has 0 saturated carbocycles. The van der Waals surface area contributed by atoms with Gasteiger partial charge < -0.3 is 5.32 Å². The van der Waals surface area contributed by atoms with Crippen LogP contribution in [-0.4, -0.2) is 27.0 Å². The SMILES string of the molecule is O=C1CC(OS(=O)(=O)c2ccccc2)CCCN1. The molecule has 1 saturated heterocycles. The van der Waals surface area contributed by atoms with Gasteiger partial charge in [0.05, 0.1) is 17.4 Å². The molecule has 1 heterocycles. The van der Waals surface area contributed by atoms with Gasteiger partial charge in [-0.25, -0.2) is 0 Å². The normalized spacial score (nSPS) is 21.1. The number of rotatable bonds is 3.